The number of anilines is 1. The topological polar surface area (TPSA) is 49.7 Å². The molecule has 0 N–H and O–H groups in total. The number of hydrogen-bond donors (Lipinski definition) is 0. The summed E-state index contributed by atoms with van der Waals surface area (Å²) in [7, 11) is -3.98. The summed E-state index contributed by atoms with van der Waals surface area (Å²) in [5, 5.41) is 0. The molecule has 2 aromatic rings. The molecule has 0 unspecified atom stereocenters. The van der Waals surface area contributed by atoms with Crippen LogP contribution in [0.3, 0.4) is 0 Å². The molecule has 24 heavy (non-hydrogen) atoms. The van der Waals surface area contributed by atoms with Crippen molar-refractivity contribution in [3.05, 3.63) is 59.2 Å². The molecule has 1 aliphatic rings. The Labute approximate surface area is 137 Å². The standard InChI is InChI=1S/C16H13F3N2O2S/c1-11-4-2-3-5-12(11)9-21-10-20-24(22,23)15-7-6-13(8-14(15)21)16(17,18)19/h2-8,10H,9H2,1H3. The Balaban J connectivity index is 2.09. The number of rotatable bonds is 2. The molecule has 0 saturated heterocycles. The fourth-order valence-electron chi connectivity index (χ4n) is 2.47. The first-order valence-corrected chi connectivity index (χ1v) is 8.45. The van der Waals surface area contributed by atoms with Gasteiger partial charge in [-0.1, -0.05) is 24.3 Å². The lowest BCUT2D eigenvalue weighted by atomic mass is 10.1. The summed E-state index contributed by atoms with van der Waals surface area (Å²) < 4.78 is 66.4. The Hall–Kier alpha value is -2.35. The average Bonchev–Trinajstić information content (AvgIpc) is 2.51. The van der Waals surface area contributed by atoms with Crippen LogP contribution < -0.4 is 4.90 Å². The maximum Gasteiger partial charge on any atom is 0.416 e. The lowest BCUT2D eigenvalue weighted by molar-refractivity contribution is -0.137. The quantitative estimate of drug-likeness (QED) is 0.825. The summed E-state index contributed by atoms with van der Waals surface area (Å²) in [5.74, 6) is 0. The van der Waals surface area contributed by atoms with Gasteiger partial charge in [0.2, 0.25) is 0 Å². The predicted octanol–water partition coefficient (Wildman–Crippen LogP) is 3.75. The summed E-state index contributed by atoms with van der Waals surface area (Å²) >= 11 is 0. The van der Waals surface area contributed by atoms with Crippen LogP contribution in [0.2, 0.25) is 0 Å². The van der Waals surface area contributed by atoms with Crippen molar-refractivity contribution in [1.29, 1.82) is 0 Å². The largest absolute Gasteiger partial charge is 0.416 e. The van der Waals surface area contributed by atoms with E-state index in [-0.39, 0.29) is 17.1 Å². The van der Waals surface area contributed by atoms with Gasteiger partial charge in [-0.2, -0.15) is 21.6 Å². The van der Waals surface area contributed by atoms with E-state index >= 15 is 0 Å². The highest BCUT2D eigenvalue weighted by Crippen LogP contribution is 2.37. The Morgan fingerprint density at radius 2 is 1.83 bits per heavy atom. The normalized spacial score (nSPS) is 16.1. The van der Waals surface area contributed by atoms with Crippen molar-refractivity contribution in [1.82, 2.24) is 0 Å². The van der Waals surface area contributed by atoms with Crippen LogP contribution in [0.4, 0.5) is 18.9 Å². The number of benzene rings is 2. The minimum absolute atomic E-state index is 0.0249. The third kappa shape index (κ3) is 3.01. The molecule has 1 heterocycles. The predicted molar refractivity (Wildman–Crippen MR) is 84.5 cm³/mol. The van der Waals surface area contributed by atoms with Gasteiger partial charge in [0, 0.05) is 6.54 Å². The van der Waals surface area contributed by atoms with E-state index in [0.717, 1.165) is 35.7 Å². The van der Waals surface area contributed by atoms with E-state index in [1.54, 1.807) is 0 Å². The summed E-state index contributed by atoms with van der Waals surface area (Å²) in [5.41, 5.74) is 0.893. The van der Waals surface area contributed by atoms with E-state index in [1.165, 1.54) is 4.90 Å². The SMILES string of the molecule is Cc1ccccc1CN1C=NS(=O)(=O)c2ccc(C(F)(F)F)cc21. The van der Waals surface area contributed by atoms with Crippen molar-refractivity contribution < 1.29 is 21.6 Å². The number of fused-ring (bicyclic) bond motifs is 1. The van der Waals surface area contributed by atoms with E-state index in [0.29, 0.717) is 0 Å². The molecule has 0 bridgehead atoms. The second-order valence-electron chi connectivity index (χ2n) is 5.43. The fourth-order valence-corrected chi connectivity index (χ4v) is 3.50. The van der Waals surface area contributed by atoms with Gasteiger partial charge in [-0.25, -0.2) is 0 Å². The van der Waals surface area contributed by atoms with E-state index in [4.69, 9.17) is 0 Å². The van der Waals surface area contributed by atoms with Crippen LogP contribution in [0.25, 0.3) is 0 Å². The molecule has 0 fully saturated rings. The zero-order valence-electron chi connectivity index (χ0n) is 12.6. The van der Waals surface area contributed by atoms with Gasteiger partial charge in [0.05, 0.1) is 11.3 Å². The Morgan fingerprint density at radius 3 is 2.50 bits per heavy atom. The van der Waals surface area contributed by atoms with E-state index in [2.05, 4.69) is 4.40 Å². The second-order valence-corrected chi connectivity index (χ2v) is 7.03. The van der Waals surface area contributed by atoms with E-state index in [1.807, 2.05) is 31.2 Å². The van der Waals surface area contributed by atoms with Crippen LogP contribution in [0.15, 0.2) is 51.8 Å². The highest BCUT2D eigenvalue weighted by atomic mass is 32.2. The Kier molecular flexibility index (Phi) is 3.87. The van der Waals surface area contributed by atoms with Crippen molar-refractivity contribution in [3.63, 3.8) is 0 Å². The van der Waals surface area contributed by atoms with Crippen molar-refractivity contribution in [3.8, 4) is 0 Å². The molecule has 2 aromatic carbocycles. The van der Waals surface area contributed by atoms with Gasteiger partial charge in [0.25, 0.3) is 10.0 Å². The third-order valence-electron chi connectivity index (χ3n) is 3.80. The van der Waals surface area contributed by atoms with Crippen LogP contribution in [0.5, 0.6) is 0 Å². The molecule has 1 aliphatic heterocycles. The van der Waals surface area contributed by atoms with Crippen LogP contribution in [-0.4, -0.2) is 14.8 Å². The lowest BCUT2D eigenvalue weighted by Crippen LogP contribution is -2.27. The molecule has 0 saturated carbocycles. The number of hydrogen-bond acceptors (Lipinski definition) is 3. The van der Waals surface area contributed by atoms with Crippen LogP contribution in [-0.2, 0) is 22.7 Å². The molecule has 4 nitrogen and oxygen atoms in total. The Morgan fingerprint density at radius 1 is 1.12 bits per heavy atom. The summed E-state index contributed by atoms with van der Waals surface area (Å²) in [6.45, 7) is 2.10. The van der Waals surface area contributed by atoms with Gasteiger partial charge in [0.1, 0.15) is 11.2 Å². The van der Waals surface area contributed by atoms with Gasteiger partial charge >= 0.3 is 6.18 Å². The minimum Gasteiger partial charge on any atom is -0.326 e. The molecule has 0 spiro atoms. The van der Waals surface area contributed by atoms with Crippen molar-refractivity contribution in [2.45, 2.75) is 24.5 Å². The molecule has 0 atom stereocenters. The molecule has 0 aromatic heterocycles. The van der Waals surface area contributed by atoms with Gasteiger partial charge in [-0.15, -0.1) is 4.40 Å². The van der Waals surface area contributed by atoms with Gasteiger partial charge < -0.3 is 4.90 Å². The highest BCUT2D eigenvalue weighted by molar-refractivity contribution is 7.90. The summed E-state index contributed by atoms with van der Waals surface area (Å²) in [4.78, 5) is 1.18. The van der Waals surface area contributed by atoms with Crippen LogP contribution in [0.1, 0.15) is 16.7 Å². The summed E-state index contributed by atoms with van der Waals surface area (Å²) in [6.07, 6.45) is -3.49. The molecule has 0 aliphatic carbocycles. The monoisotopic (exact) mass is 354 g/mol. The third-order valence-corrected chi connectivity index (χ3v) is 5.07. The van der Waals surface area contributed by atoms with Gasteiger partial charge in [0.15, 0.2) is 0 Å². The first-order chi connectivity index (χ1) is 11.2. The molecule has 126 valence electrons. The van der Waals surface area contributed by atoms with Crippen molar-refractivity contribution in [2.24, 2.45) is 4.40 Å². The van der Waals surface area contributed by atoms with E-state index < -0.39 is 21.8 Å². The zero-order valence-corrected chi connectivity index (χ0v) is 13.4. The second kappa shape index (κ2) is 5.62. The molecule has 8 heteroatoms. The smallest absolute Gasteiger partial charge is 0.326 e. The fraction of sp³-hybridized carbons (Fsp3) is 0.188. The zero-order chi connectivity index (χ0) is 17.5. The van der Waals surface area contributed by atoms with Gasteiger partial charge in [-0.3, -0.25) is 0 Å². The van der Waals surface area contributed by atoms with Crippen LogP contribution >= 0.6 is 0 Å². The molecule has 0 amide bonds. The number of alkyl halides is 3. The molecule has 3 rings (SSSR count). The van der Waals surface area contributed by atoms with Crippen LogP contribution in [0, 0.1) is 6.92 Å². The number of nitrogens with zero attached hydrogens (tertiary/aromatic N) is 2. The number of aryl methyl sites for hydroxylation is 1. The molecular weight excluding hydrogens is 341 g/mol. The van der Waals surface area contributed by atoms with Crippen molar-refractivity contribution >= 4 is 22.0 Å². The average molecular weight is 354 g/mol. The first-order valence-electron chi connectivity index (χ1n) is 7.01. The maximum atomic E-state index is 13.0. The highest BCUT2D eigenvalue weighted by Gasteiger charge is 2.34. The first kappa shape index (κ1) is 16.5. The molecule has 0 radical (unpaired) electrons. The van der Waals surface area contributed by atoms with Gasteiger partial charge in [-0.05, 0) is 36.2 Å². The van der Waals surface area contributed by atoms with Crippen molar-refractivity contribution in [2.75, 3.05) is 4.90 Å². The lowest BCUT2D eigenvalue weighted by Gasteiger charge is -2.26. The molecular formula is C16H13F3N2O2S. The minimum atomic E-state index is -4.55. The maximum absolute atomic E-state index is 13.0. The van der Waals surface area contributed by atoms with E-state index in [9.17, 15) is 21.6 Å². The Bertz CT molecular complexity index is 921. The number of sulfonamides is 1. The summed E-state index contributed by atoms with van der Waals surface area (Å²) in [6, 6.07) is 9.92. The number of halogens is 3.